The maximum Gasteiger partial charge on any atom is 0.253 e. The summed E-state index contributed by atoms with van der Waals surface area (Å²) in [6, 6.07) is 9.78. The molecule has 2 fully saturated rings. The first-order valence-corrected chi connectivity index (χ1v) is 9.01. The van der Waals surface area contributed by atoms with Gasteiger partial charge in [-0.1, -0.05) is 18.2 Å². The fourth-order valence-electron chi connectivity index (χ4n) is 3.62. The number of rotatable bonds is 3. The number of piperidine rings is 1. The smallest absolute Gasteiger partial charge is 0.253 e. The van der Waals surface area contributed by atoms with E-state index in [4.69, 9.17) is 0 Å². The van der Waals surface area contributed by atoms with Gasteiger partial charge >= 0.3 is 0 Å². The number of carbonyl (C=O) groups is 2. The lowest BCUT2D eigenvalue weighted by Gasteiger charge is -2.38. The van der Waals surface area contributed by atoms with Crippen LogP contribution in [0.5, 0.6) is 0 Å². The van der Waals surface area contributed by atoms with Gasteiger partial charge in [-0.25, -0.2) is 0 Å². The zero-order valence-electron chi connectivity index (χ0n) is 14.5. The molecule has 0 bridgehead atoms. The summed E-state index contributed by atoms with van der Waals surface area (Å²) in [7, 11) is 0. The minimum atomic E-state index is 0.0891. The molecule has 1 aromatic rings. The van der Waals surface area contributed by atoms with Crippen molar-refractivity contribution < 1.29 is 9.59 Å². The second-order valence-corrected chi connectivity index (χ2v) is 6.87. The average Bonchev–Trinajstić information content (AvgIpc) is 2.63. The van der Waals surface area contributed by atoms with Gasteiger partial charge in [0, 0.05) is 44.3 Å². The number of benzene rings is 1. The van der Waals surface area contributed by atoms with Crippen molar-refractivity contribution in [2.24, 2.45) is 0 Å². The first kappa shape index (κ1) is 17.0. The van der Waals surface area contributed by atoms with Crippen LogP contribution in [0.4, 0.5) is 0 Å². The van der Waals surface area contributed by atoms with E-state index in [0.717, 1.165) is 38.0 Å². The third kappa shape index (κ3) is 3.96. The molecular formula is C19H27N3O2. The molecular weight excluding hydrogens is 302 g/mol. The summed E-state index contributed by atoms with van der Waals surface area (Å²) in [5.41, 5.74) is 0.740. The standard InChI is InChI=1S/C19H27N3O2/c1-16-7-5-6-10-22(16)18(23)15-20-11-13-21(14-12-20)19(24)17-8-3-2-4-9-17/h2-4,8-9,16H,5-7,10-15H2,1H3. The van der Waals surface area contributed by atoms with E-state index >= 15 is 0 Å². The highest BCUT2D eigenvalue weighted by Gasteiger charge is 2.27. The van der Waals surface area contributed by atoms with E-state index in [9.17, 15) is 9.59 Å². The predicted molar refractivity (Wildman–Crippen MR) is 93.8 cm³/mol. The van der Waals surface area contributed by atoms with Crippen LogP contribution in [0.3, 0.4) is 0 Å². The van der Waals surface area contributed by atoms with Gasteiger partial charge in [0.15, 0.2) is 0 Å². The molecule has 1 unspecified atom stereocenters. The second kappa shape index (κ2) is 7.79. The molecule has 0 spiro atoms. The van der Waals surface area contributed by atoms with Gasteiger partial charge in [0.2, 0.25) is 5.91 Å². The molecule has 130 valence electrons. The van der Waals surface area contributed by atoms with Crippen molar-refractivity contribution in [1.29, 1.82) is 0 Å². The number of likely N-dealkylation sites (tertiary alicyclic amines) is 1. The maximum atomic E-state index is 12.5. The first-order chi connectivity index (χ1) is 11.6. The Bertz CT molecular complexity index is 567. The summed E-state index contributed by atoms with van der Waals surface area (Å²) in [5, 5.41) is 0. The van der Waals surface area contributed by atoms with Crippen molar-refractivity contribution in [3.8, 4) is 0 Å². The third-order valence-corrected chi connectivity index (χ3v) is 5.16. The molecule has 3 rings (SSSR count). The number of hydrogen-bond acceptors (Lipinski definition) is 3. The molecule has 1 aromatic carbocycles. The molecule has 0 aliphatic carbocycles. The lowest BCUT2D eigenvalue weighted by atomic mass is 10.0. The number of hydrogen-bond donors (Lipinski definition) is 0. The van der Waals surface area contributed by atoms with Crippen LogP contribution in [0.15, 0.2) is 30.3 Å². The summed E-state index contributed by atoms with van der Waals surface area (Å²) in [6.45, 7) is 6.45. The third-order valence-electron chi connectivity index (χ3n) is 5.16. The van der Waals surface area contributed by atoms with Gasteiger partial charge in [-0.2, -0.15) is 0 Å². The molecule has 2 aliphatic rings. The zero-order valence-corrected chi connectivity index (χ0v) is 14.5. The van der Waals surface area contributed by atoms with E-state index in [-0.39, 0.29) is 11.8 Å². The monoisotopic (exact) mass is 329 g/mol. The molecule has 5 heteroatoms. The topological polar surface area (TPSA) is 43.9 Å². The molecule has 1 atom stereocenters. The normalized spacial score (nSPS) is 22.5. The van der Waals surface area contributed by atoms with E-state index in [0.29, 0.717) is 25.7 Å². The van der Waals surface area contributed by atoms with Crippen molar-refractivity contribution in [2.45, 2.75) is 32.2 Å². The Morgan fingerprint density at radius 1 is 1.00 bits per heavy atom. The summed E-state index contributed by atoms with van der Waals surface area (Å²) in [4.78, 5) is 31.1. The fourth-order valence-corrected chi connectivity index (χ4v) is 3.62. The summed E-state index contributed by atoms with van der Waals surface area (Å²) < 4.78 is 0. The summed E-state index contributed by atoms with van der Waals surface area (Å²) in [5.74, 6) is 0.330. The number of amides is 2. The summed E-state index contributed by atoms with van der Waals surface area (Å²) in [6.07, 6.45) is 3.46. The van der Waals surface area contributed by atoms with Gasteiger partial charge in [-0.15, -0.1) is 0 Å². The van der Waals surface area contributed by atoms with Crippen LogP contribution in [-0.4, -0.2) is 71.8 Å². The Kier molecular flexibility index (Phi) is 5.51. The number of carbonyl (C=O) groups excluding carboxylic acids is 2. The van der Waals surface area contributed by atoms with E-state index < -0.39 is 0 Å². The molecule has 2 aliphatic heterocycles. The second-order valence-electron chi connectivity index (χ2n) is 6.87. The molecule has 2 saturated heterocycles. The molecule has 0 radical (unpaired) electrons. The molecule has 24 heavy (non-hydrogen) atoms. The minimum absolute atomic E-state index is 0.0891. The van der Waals surface area contributed by atoms with Gasteiger partial charge in [0.1, 0.15) is 0 Å². The van der Waals surface area contributed by atoms with E-state index in [1.165, 1.54) is 6.42 Å². The average molecular weight is 329 g/mol. The highest BCUT2D eigenvalue weighted by molar-refractivity contribution is 5.94. The quantitative estimate of drug-likeness (QED) is 0.850. The van der Waals surface area contributed by atoms with Gasteiger partial charge in [0.25, 0.3) is 5.91 Å². The fraction of sp³-hybridized carbons (Fsp3) is 0.579. The van der Waals surface area contributed by atoms with Crippen molar-refractivity contribution in [3.05, 3.63) is 35.9 Å². The Morgan fingerprint density at radius 2 is 1.71 bits per heavy atom. The highest BCUT2D eigenvalue weighted by atomic mass is 16.2. The predicted octanol–water partition coefficient (Wildman–Crippen LogP) is 1.85. The van der Waals surface area contributed by atoms with Crippen LogP contribution in [-0.2, 0) is 4.79 Å². The van der Waals surface area contributed by atoms with Crippen molar-refractivity contribution in [1.82, 2.24) is 14.7 Å². The molecule has 2 amide bonds. The largest absolute Gasteiger partial charge is 0.339 e. The van der Waals surface area contributed by atoms with E-state index in [1.54, 1.807) is 0 Å². The lowest BCUT2D eigenvalue weighted by molar-refractivity contribution is -0.136. The van der Waals surface area contributed by atoms with Gasteiger partial charge in [-0.3, -0.25) is 14.5 Å². The Morgan fingerprint density at radius 3 is 2.38 bits per heavy atom. The Labute approximate surface area is 144 Å². The van der Waals surface area contributed by atoms with Crippen molar-refractivity contribution in [3.63, 3.8) is 0 Å². The van der Waals surface area contributed by atoms with Gasteiger partial charge in [0.05, 0.1) is 6.54 Å². The van der Waals surface area contributed by atoms with Crippen molar-refractivity contribution in [2.75, 3.05) is 39.3 Å². The van der Waals surface area contributed by atoms with Crippen LogP contribution in [0.1, 0.15) is 36.5 Å². The lowest BCUT2D eigenvalue weighted by Crippen LogP contribution is -2.53. The van der Waals surface area contributed by atoms with Crippen molar-refractivity contribution >= 4 is 11.8 Å². The van der Waals surface area contributed by atoms with Gasteiger partial charge in [-0.05, 0) is 38.3 Å². The molecule has 5 nitrogen and oxygen atoms in total. The maximum absolute atomic E-state index is 12.5. The van der Waals surface area contributed by atoms with Crippen LogP contribution >= 0.6 is 0 Å². The first-order valence-electron chi connectivity index (χ1n) is 9.01. The molecule has 2 heterocycles. The number of piperazine rings is 1. The van der Waals surface area contributed by atoms with Crippen LogP contribution < -0.4 is 0 Å². The highest BCUT2D eigenvalue weighted by Crippen LogP contribution is 2.17. The molecule has 0 aromatic heterocycles. The minimum Gasteiger partial charge on any atom is -0.339 e. The van der Waals surface area contributed by atoms with Crippen LogP contribution in [0.2, 0.25) is 0 Å². The summed E-state index contributed by atoms with van der Waals surface area (Å²) >= 11 is 0. The van der Waals surface area contributed by atoms with Gasteiger partial charge < -0.3 is 9.80 Å². The molecule has 0 saturated carbocycles. The van der Waals surface area contributed by atoms with Crippen LogP contribution in [0, 0.1) is 0 Å². The SMILES string of the molecule is CC1CCCCN1C(=O)CN1CCN(C(=O)c2ccccc2)CC1. The Balaban J connectivity index is 1.48. The number of nitrogens with zero attached hydrogens (tertiary/aromatic N) is 3. The van der Waals surface area contributed by atoms with E-state index in [1.807, 2.05) is 40.1 Å². The Hall–Kier alpha value is -1.88. The zero-order chi connectivity index (χ0) is 16.9. The van der Waals surface area contributed by atoms with Crippen LogP contribution in [0.25, 0.3) is 0 Å². The van der Waals surface area contributed by atoms with E-state index in [2.05, 4.69) is 11.8 Å². The molecule has 0 N–H and O–H groups in total.